The molecule has 0 spiro atoms. The van der Waals surface area contributed by atoms with Gasteiger partial charge in [0.2, 0.25) is 0 Å². The van der Waals surface area contributed by atoms with E-state index < -0.39 is 20.9 Å². The zero-order valence-electron chi connectivity index (χ0n) is 30.7. The highest BCUT2D eigenvalue weighted by atomic mass is 28.4. The van der Waals surface area contributed by atoms with Gasteiger partial charge in [-0.3, -0.25) is 4.79 Å². The molecule has 0 aliphatic heterocycles. The average molecular weight is 760 g/mol. The van der Waals surface area contributed by atoms with Crippen LogP contribution in [0.3, 0.4) is 0 Å². The van der Waals surface area contributed by atoms with Crippen LogP contribution in [0, 0.1) is 0 Å². The summed E-state index contributed by atoms with van der Waals surface area (Å²) in [5, 5.41) is 2.44. The first-order valence-electron chi connectivity index (χ1n) is 17.1. The number of ether oxygens (including phenoxy) is 11. The molecule has 300 valence electrons. The number of carbonyl (C=O) groups excluding carboxylic acids is 3. The van der Waals surface area contributed by atoms with Crippen molar-refractivity contribution in [1.29, 1.82) is 0 Å². The molecule has 0 heterocycles. The Labute approximate surface area is 303 Å². The van der Waals surface area contributed by atoms with Crippen LogP contribution in [0.2, 0.25) is 6.04 Å². The summed E-state index contributed by atoms with van der Waals surface area (Å²) in [4.78, 5) is 34.1. The number of esters is 2. The summed E-state index contributed by atoms with van der Waals surface area (Å²) in [6.45, 7) is 10.3. The number of carbonyl (C=O) groups is 3. The molecule has 0 bridgehead atoms. The second-order valence-electron chi connectivity index (χ2n) is 10.1. The third kappa shape index (κ3) is 33.3. The first-order chi connectivity index (χ1) is 24.9. The van der Waals surface area contributed by atoms with E-state index in [1.165, 1.54) is 0 Å². The predicted molar refractivity (Wildman–Crippen MR) is 183 cm³/mol. The summed E-state index contributed by atoms with van der Waals surface area (Å²) in [5.41, 5.74) is 0. The van der Waals surface area contributed by atoms with Gasteiger partial charge >= 0.3 is 26.8 Å². The van der Waals surface area contributed by atoms with Crippen LogP contribution in [-0.2, 0) is 75.0 Å². The van der Waals surface area contributed by atoms with Crippen LogP contribution >= 0.6 is 0 Å². The van der Waals surface area contributed by atoms with E-state index in [1.54, 1.807) is 21.3 Å². The maximum absolute atomic E-state index is 11.8. The number of unbranched alkanes of at least 4 members (excludes halogenated alkanes) is 1. The van der Waals surface area contributed by atoms with Crippen molar-refractivity contribution in [2.45, 2.75) is 25.3 Å². The maximum atomic E-state index is 11.8. The number of rotatable bonds is 39. The van der Waals surface area contributed by atoms with Crippen molar-refractivity contribution in [2.75, 3.05) is 153 Å². The standard InChI is InChI=1S/C32H61NO17Si/c1-5-30(34)48-10-9-33-32(36)50-28-26-47-24-22-45-20-18-43-16-14-41-12-11-40-13-15-42-17-19-44-21-23-46-25-27-49-31(35)8-6-7-29-51(37-2,38-3)39-4/h5H,1,6-29H2,2-4H3,(H,33,36). The van der Waals surface area contributed by atoms with E-state index in [-0.39, 0.29) is 38.9 Å². The SMILES string of the molecule is C=CC(=O)OCCNC(=O)OCCOCCOCCOCCOCCOCCOCCOCCOCCOC(=O)CCCC[Si](OC)(OC)OC. The summed E-state index contributed by atoms with van der Waals surface area (Å²) in [6, 6.07) is 0.646. The van der Waals surface area contributed by atoms with Crippen molar-refractivity contribution in [2.24, 2.45) is 0 Å². The molecule has 0 atom stereocenters. The van der Waals surface area contributed by atoms with Crippen molar-refractivity contribution in [3.63, 3.8) is 0 Å². The quantitative estimate of drug-likeness (QED) is 0.0308. The molecule has 0 radical (unpaired) electrons. The Balaban J connectivity index is 3.24. The van der Waals surface area contributed by atoms with Crippen LogP contribution in [-0.4, -0.2) is 180 Å². The lowest BCUT2D eigenvalue weighted by molar-refractivity contribution is -0.145. The molecule has 0 unspecified atom stereocenters. The predicted octanol–water partition coefficient (Wildman–Crippen LogP) is 1.17. The Morgan fingerprint density at radius 3 is 1.25 bits per heavy atom. The number of hydrogen-bond donors (Lipinski definition) is 1. The molecular weight excluding hydrogens is 698 g/mol. The molecule has 0 fully saturated rings. The molecule has 1 amide bonds. The number of amides is 1. The Bertz CT molecular complexity index is 829. The molecular formula is C32H61NO17Si. The Kier molecular flexibility index (Phi) is 35.8. The van der Waals surface area contributed by atoms with Crippen LogP contribution < -0.4 is 5.32 Å². The van der Waals surface area contributed by atoms with E-state index in [1.807, 2.05) is 0 Å². The molecule has 0 rings (SSSR count). The van der Waals surface area contributed by atoms with Gasteiger partial charge in [-0.2, -0.15) is 0 Å². The summed E-state index contributed by atoms with van der Waals surface area (Å²) in [5.74, 6) is -0.816. The van der Waals surface area contributed by atoms with Gasteiger partial charge in [0, 0.05) is 39.9 Å². The third-order valence-electron chi connectivity index (χ3n) is 6.38. The lowest BCUT2D eigenvalue weighted by atomic mass is 10.2. The molecule has 0 aromatic heterocycles. The van der Waals surface area contributed by atoms with Crippen LogP contribution in [0.25, 0.3) is 0 Å². The Hall–Kier alpha value is -2.27. The minimum Gasteiger partial charge on any atom is -0.463 e. The molecule has 18 nitrogen and oxygen atoms in total. The van der Waals surface area contributed by atoms with Gasteiger partial charge in [-0.15, -0.1) is 0 Å². The lowest BCUT2D eigenvalue weighted by Crippen LogP contribution is -2.42. The van der Waals surface area contributed by atoms with Crippen LogP contribution in [0.5, 0.6) is 0 Å². The minimum atomic E-state index is -2.59. The highest BCUT2D eigenvalue weighted by molar-refractivity contribution is 6.60. The lowest BCUT2D eigenvalue weighted by Gasteiger charge is -2.24. The van der Waals surface area contributed by atoms with Crippen molar-refractivity contribution in [3.05, 3.63) is 12.7 Å². The number of nitrogens with one attached hydrogen (secondary N) is 1. The smallest absolute Gasteiger partial charge is 0.463 e. The monoisotopic (exact) mass is 759 g/mol. The molecule has 19 heteroatoms. The van der Waals surface area contributed by atoms with E-state index in [0.29, 0.717) is 118 Å². The molecule has 0 aliphatic rings. The summed E-state index contributed by atoms with van der Waals surface area (Å²) < 4.78 is 74.2. The molecule has 0 saturated carbocycles. The maximum Gasteiger partial charge on any atom is 0.500 e. The summed E-state index contributed by atoms with van der Waals surface area (Å²) in [6.07, 6.45) is 2.17. The summed E-state index contributed by atoms with van der Waals surface area (Å²) >= 11 is 0. The van der Waals surface area contributed by atoms with Crippen molar-refractivity contribution in [3.8, 4) is 0 Å². The fraction of sp³-hybridized carbons (Fsp3) is 0.844. The molecule has 0 saturated heterocycles. The molecule has 1 N–H and O–H groups in total. The topological polar surface area (TPSA) is 192 Å². The van der Waals surface area contributed by atoms with E-state index in [0.717, 1.165) is 12.5 Å². The fourth-order valence-electron chi connectivity index (χ4n) is 3.70. The van der Waals surface area contributed by atoms with E-state index >= 15 is 0 Å². The minimum absolute atomic E-state index is 0.0347. The van der Waals surface area contributed by atoms with Crippen molar-refractivity contribution >= 4 is 26.8 Å². The van der Waals surface area contributed by atoms with Crippen LogP contribution in [0.1, 0.15) is 19.3 Å². The normalized spacial score (nSPS) is 11.4. The summed E-state index contributed by atoms with van der Waals surface area (Å²) in [7, 11) is 2.12. The largest absolute Gasteiger partial charge is 0.500 e. The van der Waals surface area contributed by atoms with Gasteiger partial charge in [-0.25, -0.2) is 9.59 Å². The zero-order valence-corrected chi connectivity index (χ0v) is 31.7. The van der Waals surface area contributed by atoms with Gasteiger partial charge in [0.25, 0.3) is 0 Å². The van der Waals surface area contributed by atoms with E-state index in [2.05, 4.69) is 11.9 Å². The molecule has 0 aliphatic carbocycles. The van der Waals surface area contributed by atoms with E-state index in [9.17, 15) is 14.4 Å². The van der Waals surface area contributed by atoms with Gasteiger partial charge in [0.15, 0.2) is 0 Å². The zero-order chi connectivity index (χ0) is 37.5. The third-order valence-corrected chi connectivity index (χ3v) is 9.22. The van der Waals surface area contributed by atoms with Crippen LogP contribution in [0.15, 0.2) is 12.7 Å². The van der Waals surface area contributed by atoms with Gasteiger partial charge in [0.05, 0.1) is 112 Å². The van der Waals surface area contributed by atoms with Crippen LogP contribution in [0.4, 0.5) is 4.79 Å². The van der Waals surface area contributed by atoms with Gasteiger partial charge in [0.1, 0.15) is 19.8 Å². The van der Waals surface area contributed by atoms with Gasteiger partial charge < -0.3 is 70.7 Å². The van der Waals surface area contributed by atoms with Gasteiger partial charge in [-0.05, 0) is 12.8 Å². The Morgan fingerprint density at radius 1 is 0.510 bits per heavy atom. The first kappa shape index (κ1) is 48.7. The molecule has 0 aromatic carbocycles. The molecule has 51 heavy (non-hydrogen) atoms. The van der Waals surface area contributed by atoms with Gasteiger partial charge in [-0.1, -0.05) is 6.58 Å². The number of hydrogen-bond acceptors (Lipinski definition) is 17. The second kappa shape index (κ2) is 37.5. The molecule has 0 aromatic rings. The van der Waals surface area contributed by atoms with Crippen molar-refractivity contribution in [1.82, 2.24) is 5.32 Å². The number of alkyl carbamates (subject to hydrolysis) is 1. The second-order valence-corrected chi connectivity index (χ2v) is 13.1. The highest BCUT2D eigenvalue weighted by Crippen LogP contribution is 2.17. The highest BCUT2D eigenvalue weighted by Gasteiger charge is 2.36. The van der Waals surface area contributed by atoms with Crippen molar-refractivity contribution < 1.29 is 79.8 Å². The average Bonchev–Trinajstić information content (AvgIpc) is 3.14. The van der Waals surface area contributed by atoms with E-state index in [4.69, 9.17) is 65.4 Å². The first-order valence-corrected chi connectivity index (χ1v) is 19.0. The Morgan fingerprint density at radius 2 is 0.882 bits per heavy atom. The fourth-order valence-corrected chi connectivity index (χ4v) is 5.50.